The number of methoxy groups -OCH3 is 1. The van der Waals surface area contributed by atoms with E-state index in [1.54, 1.807) is 18.2 Å². The lowest BCUT2D eigenvalue weighted by atomic mass is 10.1. The molecule has 0 saturated heterocycles. The summed E-state index contributed by atoms with van der Waals surface area (Å²) >= 11 is 3.28. The molecule has 0 amide bonds. The molecule has 0 spiro atoms. The van der Waals surface area contributed by atoms with Crippen molar-refractivity contribution in [3.63, 3.8) is 0 Å². The number of alkyl halides is 1. The maximum atomic E-state index is 11.4. The van der Waals surface area contributed by atoms with Crippen LogP contribution in [-0.2, 0) is 14.9 Å². The Balaban J connectivity index is 3.15. The second-order valence-electron chi connectivity index (χ2n) is 3.05. The number of ether oxygens (including phenoxy) is 2. The van der Waals surface area contributed by atoms with Gasteiger partial charge in [0.2, 0.25) is 0 Å². The first-order valence-electron chi connectivity index (χ1n) is 4.54. The van der Waals surface area contributed by atoms with Crippen LogP contribution in [0.15, 0.2) is 18.2 Å². The predicted octanol–water partition coefficient (Wildman–Crippen LogP) is 2.29. The molecule has 5 heteroatoms. The fourth-order valence-corrected chi connectivity index (χ4v) is 1.52. The van der Waals surface area contributed by atoms with Gasteiger partial charge in [0, 0.05) is 12.3 Å². The van der Waals surface area contributed by atoms with Gasteiger partial charge in [0.05, 0.1) is 7.11 Å². The fourth-order valence-electron chi connectivity index (χ4n) is 1.17. The second-order valence-corrected chi connectivity index (χ2v) is 3.61. The third-order valence-electron chi connectivity index (χ3n) is 1.86. The molecule has 1 aromatic rings. The zero-order valence-corrected chi connectivity index (χ0v) is 10.5. The Morgan fingerprint density at radius 1 is 1.38 bits per heavy atom. The van der Waals surface area contributed by atoms with Crippen molar-refractivity contribution >= 4 is 27.9 Å². The molecule has 0 heterocycles. The van der Waals surface area contributed by atoms with Gasteiger partial charge in [-0.05, 0) is 17.7 Å². The minimum atomic E-state index is -0.530. The molecule has 0 aliphatic heterocycles. The third kappa shape index (κ3) is 3.06. The molecular weight excluding hydrogens is 276 g/mol. The number of halogens is 1. The molecule has 0 unspecified atom stereocenters. The molecule has 0 bridgehead atoms. The zero-order chi connectivity index (χ0) is 12.1. The number of benzene rings is 1. The van der Waals surface area contributed by atoms with Crippen LogP contribution < -0.4 is 4.74 Å². The van der Waals surface area contributed by atoms with Gasteiger partial charge in [-0.15, -0.1) is 0 Å². The monoisotopic (exact) mass is 286 g/mol. The molecular formula is C11H11BrO4. The summed E-state index contributed by atoms with van der Waals surface area (Å²) in [6.45, 7) is 1.28. The number of hydrogen-bond acceptors (Lipinski definition) is 4. The van der Waals surface area contributed by atoms with Crippen molar-refractivity contribution in [1.29, 1.82) is 0 Å². The number of esters is 2. The Morgan fingerprint density at radius 2 is 2.06 bits per heavy atom. The third-order valence-corrected chi connectivity index (χ3v) is 2.51. The van der Waals surface area contributed by atoms with Crippen molar-refractivity contribution < 1.29 is 19.1 Å². The van der Waals surface area contributed by atoms with Crippen molar-refractivity contribution in [2.75, 3.05) is 7.11 Å². The van der Waals surface area contributed by atoms with Gasteiger partial charge in [-0.25, -0.2) is 4.79 Å². The minimum absolute atomic E-state index is 0.219. The summed E-state index contributed by atoms with van der Waals surface area (Å²) in [6.07, 6.45) is 0. The van der Waals surface area contributed by atoms with Crippen LogP contribution >= 0.6 is 15.9 Å². The highest BCUT2D eigenvalue weighted by molar-refractivity contribution is 9.08. The van der Waals surface area contributed by atoms with Gasteiger partial charge in [0.25, 0.3) is 0 Å². The van der Waals surface area contributed by atoms with E-state index < -0.39 is 11.9 Å². The van der Waals surface area contributed by atoms with Crippen molar-refractivity contribution in [3.05, 3.63) is 29.3 Å². The standard InChI is InChI=1S/C11H11BrO4/c1-7(13)16-10-5-8(6-12)3-4-9(10)11(14)15-2/h3-5H,6H2,1-2H3. The largest absolute Gasteiger partial charge is 0.465 e. The first kappa shape index (κ1) is 12.7. The molecule has 0 saturated carbocycles. The summed E-state index contributed by atoms with van der Waals surface area (Å²) in [5.74, 6) is -0.787. The lowest BCUT2D eigenvalue weighted by Gasteiger charge is -2.08. The molecule has 0 aliphatic rings. The highest BCUT2D eigenvalue weighted by Crippen LogP contribution is 2.22. The van der Waals surface area contributed by atoms with Gasteiger partial charge >= 0.3 is 11.9 Å². The van der Waals surface area contributed by atoms with E-state index in [1.165, 1.54) is 14.0 Å². The van der Waals surface area contributed by atoms with Crippen LogP contribution in [0.3, 0.4) is 0 Å². The Hall–Kier alpha value is -1.36. The van der Waals surface area contributed by atoms with Gasteiger partial charge in [0.1, 0.15) is 11.3 Å². The summed E-state index contributed by atoms with van der Waals surface area (Å²) in [4.78, 5) is 22.3. The predicted molar refractivity (Wildman–Crippen MR) is 61.7 cm³/mol. The van der Waals surface area contributed by atoms with E-state index in [0.29, 0.717) is 5.33 Å². The maximum absolute atomic E-state index is 11.4. The SMILES string of the molecule is COC(=O)c1ccc(CBr)cc1OC(C)=O. The Morgan fingerprint density at radius 3 is 2.56 bits per heavy atom. The lowest BCUT2D eigenvalue weighted by Crippen LogP contribution is -2.09. The quantitative estimate of drug-likeness (QED) is 0.486. The Kier molecular flexibility index (Phi) is 4.49. The van der Waals surface area contributed by atoms with E-state index in [-0.39, 0.29) is 11.3 Å². The molecule has 16 heavy (non-hydrogen) atoms. The van der Waals surface area contributed by atoms with Crippen LogP contribution in [-0.4, -0.2) is 19.0 Å². The summed E-state index contributed by atoms with van der Waals surface area (Å²) in [5, 5.41) is 0.614. The van der Waals surface area contributed by atoms with E-state index in [4.69, 9.17) is 4.74 Å². The average molecular weight is 287 g/mol. The van der Waals surface area contributed by atoms with Gasteiger partial charge in [-0.1, -0.05) is 22.0 Å². The summed E-state index contributed by atoms with van der Waals surface area (Å²) in [6, 6.07) is 4.96. The van der Waals surface area contributed by atoms with Crippen LogP contribution in [0.4, 0.5) is 0 Å². The van der Waals surface area contributed by atoms with Crippen LogP contribution in [0, 0.1) is 0 Å². The van der Waals surface area contributed by atoms with Gasteiger partial charge in [-0.3, -0.25) is 4.79 Å². The highest BCUT2D eigenvalue weighted by atomic mass is 79.9. The van der Waals surface area contributed by atoms with Crippen LogP contribution in [0.25, 0.3) is 0 Å². The summed E-state index contributed by atoms with van der Waals surface area (Å²) < 4.78 is 9.54. The summed E-state index contributed by atoms with van der Waals surface area (Å²) in [5.41, 5.74) is 1.14. The van der Waals surface area contributed by atoms with Crippen LogP contribution in [0.5, 0.6) is 5.75 Å². The average Bonchev–Trinajstić information content (AvgIpc) is 2.27. The normalized spacial score (nSPS) is 9.69. The zero-order valence-electron chi connectivity index (χ0n) is 8.95. The van der Waals surface area contributed by atoms with Crippen molar-refractivity contribution in [2.24, 2.45) is 0 Å². The molecule has 1 aromatic carbocycles. The molecule has 0 radical (unpaired) electrons. The number of rotatable bonds is 3. The first-order chi connectivity index (χ1) is 7.58. The Labute approximate surface area is 102 Å². The molecule has 0 N–H and O–H groups in total. The van der Waals surface area contributed by atoms with Gasteiger partial charge < -0.3 is 9.47 Å². The van der Waals surface area contributed by atoms with Crippen molar-refractivity contribution in [1.82, 2.24) is 0 Å². The minimum Gasteiger partial charge on any atom is -0.465 e. The molecule has 4 nitrogen and oxygen atoms in total. The van der Waals surface area contributed by atoms with E-state index in [9.17, 15) is 9.59 Å². The smallest absolute Gasteiger partial charge is 0.341 e. The molecule has 1 rings (SSSR count). The molecule has 0 aromatic heterocycles. The highest BCUT2D eigenvalue weighted by Gasteiger charge is 2.14. The second kappa shape index (κ2) is 5.65. The number of carbonyl (C=O) groups is 2. The van der Waals surface area contributed by atoms with Crippen molar-refractivity contribution in [3.8, 4) is 5.75 Å². The lowest BCUT2D eigenvalue weighted by molar-refractivity contribution is -0.131. The van der Waals surface area contributed by atoms with Crippen LogP contribution in [0.2, 0.25) is 0 Å². The number of carbonyl (C=O) groups excluding carboxylic acids is 2. The number of hydrogen-bond donors (Lipinski definition) is 0. The molecule has 0 aliphatic carbocycles. The van der Waals surface area contributed by atoms with Crippen LogP contribution in [0.1, 0.15) is 22.8 Å². The molecule has 0 fully saturated rings. The maximum Gasteiger partial charge on any atom is 0.341 e. The van der Waals surface area contributed by atoms with Gasteiger partial charge in [0.15, 0.2) is 0 Å². The van der Waals surface area contributed by atoms with E-state index in [1.807, 2.05) is 0 Å². The fraction of sp³-hybridized carbons (Fsp3) is 0.273. The van der Waals surface area contributed by atoms with E-state index in [2.05, 4.69) is 20.7 Å². The Bertz CT molecular complexity index is 414. The topological polar surface area (TPSA) is 52.6 Å². The first-order valence-corrected chi connectivity index (χ1v) is 5.66. The van der Waals surface area contributed by atoms with E-state index in [0.717, 1.165) is 5.56 Å². The molecule has 0 atom stereocenters. The van der Waals surface area contributed by atoms with E-state index >= 15 is 0 Å². The van der Waals surface area contributed by atoms with Gasteiger partial charge in [-0.2, -0.15) is 0 Å². The summed E-state index contributed by atoms with van der Waals surface area (Å²) in [7, 11) is 1.28. The van der Waals surface area contributed by atoms with Crippen molar-refractivity contribution in [2.45, 2.75) is 12.3 Å². The molecule has 86 valence electrons.